The molecular formula is C13H16O3S. The van der Waals surface area contributed by atoms with Crippen molar-refractivity contribution in [3.05, 3.63) is 35.9 Å². The molecule has 0 radical (unpaired) electrons. The molecule has 0 bridgehead atoms. The van der Waals surface area contributed by atoms with E-state index in [-0.39, 0.29) is 17.5 Å². The van der Waals surface area contributed by atoms with Gasteiger partial charge in [0.25, 0.3) is 0 Å². The van der Waals surface area contributed by atoms with E-state index in [1.54, 1.807) is 12.1 Å². The Balaban J connectivity index is 2.23. The lowest BCUT2D eigenvalue weighted by Crippen LogP contribution is -2.07. The molecular weight excluding hydrogens is 236 g/mol. The average Bonchev–Trinajstić information content (AvgIpc) is 2.37. The molecule has 0 aromatic heterocycles. The fourth-order valence-electron chi connectivity index (χ4n) is 1.17. The molecule has 0 N–H and O–H groups in total. The molecule has 1 rings (SSSR count). The Labute approximate surface area is 106 Å². The number of hydrogen-bond acceptors (Lipinski definition) is 4. The third-order valence-electron chi connectivity index (χ3n) is 2.02. The minimum Gasteiger partial charge on any atom is -0.466 e. The highest BCUT2D eigenvalue weighted by Crippen LogP contribution is 2.13. The molecule has 17 heavy (non-hydrogen) atoms. The second-order valence-electron chi connectivity index (χ2n) is 3.47. The van der Waals surface area contributed by atoms with E-state index in [4.69, 9.17) is 4.74 Å². The minimum absolute atomic E-state index is 0.00566. The standard InChI is InChI=1S/C13H16O3S/c1-2-9-16-12(14)8-10-17-13(15)11-6-4-3-5-7-11/h3-7H,2,8-10H2,1H3. The summed E-state index contributed by atoms with van der Waals surface area (Å²) in [7, 11) is 0. The van der Waals surface area contributed by atoms with Crippen molar-refractivity contribution in [1.82, 2.24) is 0 Å². The molecule has 0 saturated heterocycles. The van der Waals surface area contributed by atoms with E-state index in [2.05, 4.69) is 0 Å². The lowest BCUT2D eigenvalue weighted by atomic mass is 10.2. The monoisotopic (exact) mass is 252 g/mol. The van der Waals surface area contributed by atoms with E-state index in [0.29, 0.717) is 17.9 Å². The van der Waals surface area contributed by atoms with Crippen LogP contribution in [0.1, 0.15) is 30.1 Å². The third kappa shape index (κ3) is 5.54. The molecule has 0 unspecified atom stereocenters. The van der Waals surface area contributed by atoms with Gasteiger partial charge in [-0.3, -0.25) is 9.59 Å². The van der Waals surface area contributed by atoms with Gasteiger partial charge in [0.05, 0.1) is 13.0 Å². The molecule has 0 aliphatic rings. The predicted octanol–water partition coefficient (Wildman–Crippen LogP) is 2.90. The highest BCUT2D eigenvalue weighted by molar-refractivity contribution is 8.14. The van der Waals surface area contributed by atoms with Crippen LogP contribution in [-0.2, 0) is 9.53 Å². The van der Waals surface area contributed by atoms with Crippen molar-refractivity contribution >= 4 is 22.8 Å². The molecule has 0 amide bonds. The maximum absolute atomic E-state index is 11.7. The van der Waals surface area contributed by atoms with Gasteiger partial charge >= 0.3 is 5.97 Å². The zero-order valence-corrected chi connectivity index (χ0v) is 10.7. The lowest BCUT2D eigenvalue weighted by molar-refractivity contribution is -0.143. The van der Waals surface area contributed by atoms with Gasteiger partial charge in [-0.15, -0.1) is 0 Å². The van der Waals surface area contributed by atoms with Crippen LogP contribution in [0, 0.1) is 0 Å². The molecule has 0 aliphatic heterocycles. The number of ether oxygens (including phenoxy) is 1. The Bertz CT molecular complexity index is 362. The van der Waals surface area contributed by atoms with E-state index in [0.717, 1.165) is 18.2 Å². The second kappa shape index (κ2) is 7.90. The first-order valence-electron chi connectivity index (χ1n) is 5.62. The highest BCUT2D eigenvalue weighted by atomic mass is 32.2. The maximum atomic E-state index is 11.7. The van der Waals surface area contributed by atoms with Gasteiger partial charge in [0.2, 0.25) is 5.12 Å². The van der Waals surface area contributed by atoms with Crippen LogP contribution in [0.2, 0.25) is 0 Å². The van der Waals surface area contributed by atoms with Crippen LogP contribution in [0.4, 0.5) is 0 Å². The molecule has 0 fully saturated rings. The van der Waals surface area contributed by atoms with Crippen LogP contribution in [0.15, 0.2) is 30.3 Å². The van der Waals surface area contributed by atoms with Crippen LogP contribution in [0.5, 0.6) is 0 Å². The third-order valence-corrected chi connectivity index (χ3v) is 2.92. The average molecular weight is 252 g/mol. The van der Waals surface area contributed by atoms with Crippen molar-refractivity contribution < 1.29 is 14.3 Å². The van der Waals surface area contributed by atoms with Crippen molar-refractivity contribution in [3.63, 3.8) is 0 Å². The van der Waals surface area contributed by atoms with Gasteiger partial charge in [0.1, 0.15) is 0 Å². The zero-order chi connectivity index (χ0) is 12.5. The number of carbonyl (C=O) groups excluding carboxylic acids is 2. The van der Waals surface area contributed by atoms with Crippen molar-refractivity contribution in [3.8, 4) is 0 Å². The Kier molecular flexibility index (Phi) is 6.40. The number of carbonyl (C=O) groups is 2. The summed E-state index contributed by atoms with van der Waals surface area (Å²) in [4.78, 5) is 22.8. The topological polar surface area (TPSA) is 43.4 Å². The molecule has 4 heteroatoms. The van der Waals surface area contributed by atoms with Crippen LogP contribution in [-0.4, -0.2) is 23.4 Å². The summed E-state index contributed by atoms with van der Waals surface area (Å²) < 4.78 is 4.92. The number of hydrogen-bond donors (Lipinski definition) is 0. The predicted molar refractivity (Wildman–Crippen MR) is 69.1 cm³/mol. The summed E-state index contributed by atoms with van der Waals surface area (Å²) in [6, 6.07) is 9.05. The summed E-state index contributed by atoms with van der Waals surface area (Å²) in [5, 5.41) is -0.00566. The summed E-state index contributed by atoms with van der Waals surface area (Å²) >= 11 is 1.15. The Hall–Kier alpha value is -1.29. The van der Waals surface area contributed by atoms with Crippen LogP contribution >= 0.6 is 11.8 Å². The summed E-state index contributed by atoms with van der Waals surface area (Å²) in [6.07, 6.45) is 1.10. The second-order valence-corrected chi connectivity index (χ2v) is 4.54. The van der Waals surface area contributed by atoms with Gasteiger partial charge in [0, 0.05) is 11.3 Å². The molecule has 0 atom stereocenters. The van der Waals surface area contributed by atoms with Gasteiger partial charge in [-0.1, -0.05) is 49.0 Å². The minimum atomic E-state index is -0.236. The number of thioether (sulfide) groups is 1. The van der Waals surface area contributed by atoms with Crippen molar-refractivity contribution in [2.75, 3.05) is 12.4 Å². The molecule has 0 saturated carbocycles. The SMILES string of the molecule is CCCOC(=O)CCSC(=O)c1ccccc1. The van der Waals surface area contributed by atoms with E-state index in [1.807, 2.05) is 25.1 Å². The Morgan fingerprint density at radius 1 is 1.24 bits per heavy atom. The molecule has 3 nitrogen and oxygen atoms in total. The van der Waals surface area contributed by atoms with Crippen LogP contribution in [0.3, 0.4) is 0 Å². The summed E-state index contributed by atoms with van der Waals surface area (Å²) in [6.45, 7) is 2.40. The number of benzene rings is 1. The van der Waals surface area contributed by atoms with Crippen molar-refractivity contribution in [2.45, 2.75) is 19.8 Å². The first kappa shape index (κ1) is 13.8. The fraction of sp³-hybridized carbons (Fsp3) is 0.385. The van der Waals surface area contributed by atoms with Gasteiger partial charge in [-0.25, -0.2) is 0 Å². The molecule has 0 aliphatic carbocycles. The molecule has 92 valence electrons. The normalized spacial score (nSPS) is 9.94. The summed E-state index contributed by atoms with van der Waals surface area (Å²) in [5.41, 5.74) is 0.666. The zero-order valence-electron chi connectivity index (χ0n) is 9.85. The molecule has 1 aromatic rings. The van der Waals surface area contributed by atoms with Gasteiger partial charge in [-0.2, -0.15) is 0 Å². The van der Waals surface area contributed by atoms with Crippen molar-refractivity contribution in [1.29, 1.82) is 0 Å². The van der Waals surface area contributed by atoms with E-state index in [1.165, 1.54) is 0 Å². The lowest BCUT2D eigenvalue weighted by Gasteiger charge is -2.02. The largest absolute Gasteiger partial charge is 0.466 e. The molecule has 1 aromatic carbocycles. The van der Waals surface area contributed by atoms with E-state index in [9.17, 15) is 9.59 Å². The fourth-order valence-corrected chi connectivity index (χ4v) is 1.93. The van der Waals surface area contributed by atoms with Gasteiger partial charge in [-0.05, 0) is 6.42 Å². The van der Waals surface area contributed by atoms with Crippen LogP contribution in [0.25, 0.3) is 0 Å². The van der Waals surface area contributed by atoms with Gasteiger partial charge in [0.15, 0.2) is 0 Å². The molecule has 0 heterocycles. The van der Waals surface area contributed by atoms with Gasteiger partial charge < -0.3 is 4.74 Å². The first-order chi connectivity index (χ1) is 8.24. The van der Waals surface area contributed by atoms with E-state index >= 15 is 0 Å². The van der Waals surface area contributed by atoms with Crippen molar-refractivity contribution in [2.24, 2.45) is 0 Å². The first-order valence-corrected chi connectivity index (χ1v) is 6.60. The smallest absolute Gasteiger partial charge is 0.306 e. The Morgan fingerprint density at radius 2 is 1.94 bits per heavy atom. The summed E-state index contributed by atoms with van der Waals surface area (Å²) in [5.74, 6) is 0.233. The number of rotatable bonds is 6. The van der Waals surface area contributed by atoms with Crippen LogP contribution < -0.4 is 0 Å². The Morgan fingerprint density at radius 3 is 2.59 bits per heavy atom. The van der Waals surface area contributed by atoms with E-state index < -0.39 is 0 Å². The molecule has 0 spiro atoms. The quantitative estimate of drug-likeness (QED) is 0.730. The maximum Gasteiger partial charge on any atom is 0.306 e. The number of esters is 1. The highest BCUT2D eigenvalue weighted by Gasteiger charge is 2.08.